The topological polar surface area (TPSA) is 86.7 Å². The highest BCUT2D eigenvalue weighted by molar-refractivity contribution is 7.86. The molecule has 1 saturated carbocycles. The number of rotatable bonds is 6. The van der Waals surface area contributed by atoms with Crippen LogP contribution in [0.15, 0.2) is 0 Å². The Morgan fingerprint density at radius 2 is 1.17 bits per heavy atom. The van der Waals surface area contributed by atoms with Gasteiger partial charge in [0.1, 0.15) is 0 Å². The van der Waals surface area contributed by atoms with E-state index in [-0.39, 0.29) is 25.0 Å². The molecule has 0 aromatic rings. The van der Waals surface area contributed by atoms with Crippen LogP contribution in [0.5, 0.6) is 0 Å². The van der Waals surface area contributed by atoms with E-state index >= 15 is 0 Å². The Balaban J connectivity index is 2.52. The van der Waals surface area contributed by atoms with Gasteiger partial charge in [-0.25, -0.2) is 0 Å². The van der Waals surface area contributed by atoms with Crippen LogP contribution in [0.4, 0.5) is 0 Å². The maximum absolute atomic E-state index is 10.9. The first kappa shape index (κ1) is 15.9. The summed E-state index contributed by atoms with van der Waals surface area (Å²) in [7, 11) is -6.90. The molecule has 1 aliphatic rings. The van der Waals surface area contributed by atoms with Crippen LogP contribution in [0.3, 0.4) is 0 Å². The third-order valence-corrected chi connectivity index (χ3v) is 4.19. The average molecular weight is 300 g/mol. The normalized spacial score (nSPS) is 26.1. The minimum atomic E-state index is -3.45. The van der Waals surface area contributed by atoms with E-state index in [1.807, 2.05) is 0 Å². The zero-order valence-corrected chi connectivity index (χ0v) is 12.3. The van der Waals surface area contributed by atoms with Gasteiger partial charge < -0.3 is 0 Å². The minimum absolute atomic E-state index is 0.0372. The van der Waals surface area contributed by atoms with Gasteiger partial charge in [0.25, 0.3) is 20.2 Å². The van der Waals surface area contributed by atoms with Gasteiger partial charge in [0.2, 0.25) is 0 Å². The predicted octanol–water partition coefficient (Wildman–Crippen LogP) is 0.745. The lowest BCUT2D eigenvalue weighted by Gasteiger charge is -2.30. The van der Waals surface area contributed by atoms with Crippen LogP contribution in [0.1, 0.15) is 25.7 Å². The SMILES string of the molecule is CS(=O)(=O)OCC1CCCC[C@@H]1COS(C)(=O)=O. The van der Waals surface area contributed by atoms with E-state index in [2.05, 4.69) is 0 Å². The lowest BCUT2D eigenvalue weighted by Crippen LogP contribution is -2.29. The summed E-state index contributed by atoms with van der Waals surface area (Å²) in [4.78, 5) is 0. The molecule has 0 aromatic heterocycles. The van der Waals surface area contributed by atoms with Crippen molar-refractivity contribution in [3.63, 3.8) is 0 Å². The zero-order chi connectivity index (χ0) is 13.8. The molecular formula is C10H20O6S2. The first-order chi connectivity index (χ1) is 8.17. The van der Waals surface area contributed by atoms with Gasteiger partial charge in [0.15, 0.2) is 0 Å². The maximum atomic E-state index is 10.9. The molecule has 1 unspecified atom stereocenters. The lowest BCUT2D eigenvalue weighted by atomic mass is 9.80. The van der Waals surface area contributed by atoms with E-state index in [4.69, 9.17) is 8.37 Å². The highest BCUT2D eigenvalue weighted by atomic mass is 32.2. The van der Waals surface area contributed by atoms with E-state index in [9.17, 15) is 16.8 Å². The molecule has 0 heterocycles. The van der Waals surface area contributed by atoms with E-state index in [0.717, 1.165) is 38.2 Å². The Kier molecular flexibility index (Phi) is 5.57. The number of hydrogen-bond acceptors (Lipinski definition) is 6. The third kappa shape index (κ3) is 6.67. The molecule has 0 aliphatic heterocycles. The molecule has 0 N–H and O–H groups in total. The van der Waals surface area contributed by atoms with Crippen LogP contribution in [0.25, 0.3) is 0 Å². The first-order valence-electron chi connectivity index (χ1n) is 5.86. The van der Waals surface area contributed by atoms with E-state index in [1.165, 1.54) is 0 Å². The molecule has 0 bridgehead atoms. The van der Waals surface area contributed by atoms with Gasteiger partial charge in [-0.15, -0.1) is 0 Å². The zero-order valence-electron chi connectivity index (χ0n) is 10.7. The Bertz CT molecular complexity index is 409. The predicted molar refractivity (Wildman–Crippen MR) is 67.0 cm³/mol. The van der Waals surface area contributed by atoms with Crippen LogP contribution in [0.2, 0.25) is 0 Å². The van der Waals surface area contributed by atoms with Gasteiger partial charge >= 0.3 is 0 Å². The number of hydrogen-bond donors (Lipinski definition) is 0. The van der Waals surface area contributed by atoms with Crippen molar-refractivity contribution in [2.45, 2.75) is 25.7 Å². The van der Waals surface area contributed by atoms with Crippen molar-refractivity contribution in [2.24, 2.45) is 11.8 Å². The standard InChI is InChI=1S/C10H20O6S2/c1-17(11,12)15-7-9-5-3-4-6-10(9)8-16-18(2,13)14/h9-10H,3-8H2,1-2H3/t9-,10?/m1/s1. The van der Waals surface area contributed by atoms with Crippen LogP contribution < -0.4 is 0 Å². The lowest BCUT2D eigenvalue weighted by molar-refractivity contribution is 0.111. The summed E-state index contributed by atoms with van der Waals surface area (Å²) in [6.45, 7) is 0.216. The van der Waals surface area contributed by atoms with Crippen molar-refractivity contribution < 1.29 is 25.2 Å². The Morgan fingerprint density at radius 3 is 1.44 bits per heavy atom. The third-order valence-electron chi connectivity index (χ3n) is 3.06. The van der Waals surface area contributed by atoms with Gasteiger partial charge in [-0.2, -0.15) is 16.8 Å². The fourth-order valence-electron chi connectivity index (χ4n) is 2.15. The van der Waals surface area contributed by atoms with Gasteiger partial charge in [-0.3, -0.25) is 8.37 Å². The second-order valence-corrected chi connectivity index (χ2v) is 8.07. The monoisotopic (exact) mass is 300 g/mol. The molecule has 0 spiro atoms. The van der Waals surface area contributed by atoms with E-state index in [0.29, 0.717) is 0 Å². The van der Waals surface area contributed by atoms with Gasteiger partial charge in [-0.05, 0) is 24.7 Å². The van der Waals surface area contributed by atoms with Crippen molar-refractivity contribution in [1.29, 1.82) is 0 Å². The van der Waals surface area contributed by atoms with Crippen molar-refractivity contribution >= 4 is 20.2 Å². The maximum Gasteiger partial charge on any atom is 0.264 e. The molecule has 18 heavy (non-hydrogen) atoms. The summed E-state index contributed by atoms with van der Waals surface area (Å²) in [6, 6.07) is 0. The largest absolute Gasteiger partial charge is 0.270 e. The summed E-state index contributed by atoms with van der Waals surface area (Å²) in [6.07, 6.45) is 5.72. The Labute approximate surface area is 109 Å². The molecule has 1 aliphatic carbocycles. The fourth-order valence-corrected chi connectivity index (χ4v) is 2.99. The summed E-state index contributed by atoms with van der Waals surface area (Å²) in [5.41, 5.74) is 0. The van der Waals surface area contributed by atoms with Crippen LogP contribution in [-0.2, 0) is 28.6 Å². The molecule has 0 radical (unpaired) electrons. The van der Waals surface area contributed by atoms with Crippen LogP contribution in [-0.4, -0.2) is 42.6 Å². The van der Waals surface area contributed by atoms with Gasteiger partial charge in [-0.1, -0.05) is 12.8 Å². The smallest absolute Gasteiger partial charge is 0.264 e. The Morgan fingerprint density at radius 1 is 0.833 bits per heavy atom. The van der Waals surface area contributed by atoms with Crippen LogP contribution in [0, 0.1) is 11.8 Å². The molecule has 0 aromatic carbocycles. The van der Waals surface area contributed by atoms with Gasteiger partial charge in [0.05, 0.1) is 25.7 Å². The first-order valence-corrected chi connectivity index (χ1v) is 9.49. The fraction of sp³-hybridized carbons (Fsp3) is 1.00. The molecule has 6 nitrogen and oxygen atoms in total. The molecule has 1 rings (SSSR count). The van der Waals surface area contributed by atoms with Crippen molar-refractivity contribution in [2.75, 3.05) is 25.7 Å². The Hall–Kier alpha value is -0.180. The van der Waals surface area contributed by atoms with Crippen molar-refractivity contribution in [3.05, 3.63) is 0 Å². The van der Waals surface area contributed by atoms with Crippen LogP contribution >= 0.6 is 0 Å². The highest BCUT2D eigenvalue weighted by Gasteiger charge is 2.27. The van der Waals surface area contributed by atoms with Crippen molar-refractivity contribution in [3.8, 4) is 0 Å². The molecule has 8 heteroatoms. The minimum Gasteiger partial charge on any atom is -0.270 e. The summed E-state index contributed by atoms with van der Waals surface area (Å²) >= 11 is 0. The molecule has 1 fully saturated rings. The van der Waals surface area contributed by atoms with E-state index < -0.39 is 20.2 Å². The summed E-state index contributed by atoms with van der Waals surface area (Å²) in [5, 5.41) is 0. The molecule has 0 saturated heterocycles. The molecule has 0 amide bonds. The summed E-state index contributed by atoms with van der Waals surface area (Å²) in [5.74, 6) is 0.0745. The highest BCUT2D eigenvalue weighted by Crippen LogP contribution is 2.31. The average Bonchev–Trinajstić information content (AvgIpc) is 2.22. The van der Waals surface area contributed by atoms with Crippen molar-refractivity contribution in [1.82, 2.24) is 0 Å². The summed E-state index contributed by atoms with van der Waals surface area (Å²) < 4.78 is 53.4. The second kappa shape index (κ2) is 6.31. The molecular weight excluding hydrogens is 280 g/mol. The molecule has 108 valence electrons. The van der Waals surface area contributed by atoms with E-state index in [1.54, 1.807) is 0 Å². The quantitative estimate of drug-likeness (QED) is 0.673. The van der Waals surface area contributed by atoms with Gasteiger partial charge in [0, 0.05) is 0 Å². The molecule has 2 atom stereocenters. The second-order valence-electron chi connectivity index (χ2n) is 4.78.